The molecule has 4 aromatic rings. The lowest BCUT2D eigenvalue weighted by atomic mass is 9.89. The lowest BCUT2D eigenvalue weighted by Gasteiger charge is -2.41. The number of carbonyl (C=O) groups excluding carboxylic acids is 2. The third-order valence-corrected chi connectivity index (χ3v) is 6.59. The Balaban J connectivity index is 1.34. The van der Waals surface area contributed by atoms with Gasteiger partial charge in [0.1, 0.15) is 23.1 Å². The van der Waals surface area contributed by atoms with E-state index in [2.05, 4.69) is 31.8 Å². The van der Waals surface area contributed by atoms with Crippen molar-refractivity contribution < 1.29 is 19.1 Å². The van der Waals surface area contributed by atoms with E-state index in [-0.39, 0.29) is 12.3 Å². The van der Waals surface area contributed by atoms with Crippen molar-refractivity contribution in [2.75, 3.05) is 13.1 Å². The molecule has 40 heavy (non-hydrogen) atoms. The van der Waals surface area contributed by atoms with Gasteiger partial charge in [0.05, 0.1) is 24.4 Å². The molecule has 0 spiro atoms. The highest BCUT2D eigenvalue weighted by Gasteiger charge is 2.39. The van der Waals surface area contributed by atoms with Crippen molar-refractivity contribution in [2.24, 2.45) is 0 Å². The molecule has 206 valence electrons. The minimum atomic E-state index is -1.06. The minimum Gasteiger partial charge on any atom is -0.444 e. The lowest BCUT2D eigenvalue weighted by Crippen LogP contribution is -2.60. The van der Waals surface area contributed by atoms with E-state index in [9.17, 15) is 14.9 Å². The normalized spacial score (nSPS) is 15.1. The van der Waals surface area contributed by atoms with Crippen molar-refractivity contribution in [2.45, 2.75) is 51.1 Å². The van der Waals surface area contributed by atoms with Crippen LogP contribution in [0, 0.1) is 11.3 Å². The molecule has 1 fully saturated rings. The van der Waals surface area contributed by atoms with E-state index in [0.29, 0.717) is 36.4 Å². The van der Waals surface area contributed by atoms with Crippen LogP contribution in [0.5, 0.6) is 0 Å². The van der Waals surface area contributed by atoms with Gasteiger partial charge in [0.2, 0.25) is 0 Å². The summed E-state index contributed by atoms with van der Waals surface area (Å²) in [6.45, 7) is 6.46. The summed E-state index contributed by atoms with van der Waals surface area (Å²) in [4.78, 5) is 34.5. The second-order valence-corrected chi connectivity index (χ2v) is 10.7. The maximum Gasteiger partial charge on any atom is 0.408 e. The van der Waals surface area contributed by atoms with Gasteiger partial charge in [-0.1, -0.05) is 30.3 Å². The van der Waals surface area contributed by atoms with Crippen LogP contribution in [-0.2, 0) is 26.5 Å². The number of ether oxygens (including phenoxy) is 2. The Morgan fingerprint density at radius 2 is 1.98 bits per heavy atom. The summed E-state index contributed by atoms with van der Waals surface area (Å²) in [7, 11) is 0. The van der Waals surface area contributed by atoms with Crippen LogP contribution in [-0.4, -0.2) is 55.1 Å². The number of fused-ring (bicyclic) bond motifs is 1. The second kappa shape index (κ2) is 10.8. The molecule has 1 amide bonds. The molecule has 1 aliphatic rings. The first-order valence-corrected chi connectivity index (χ1v) is 12.8. The fourth-order valence-electron chi connectivity index (χ4n) is 4.54. The average Bonchev–Trinajstić information content (AvgIpc) is 3.55. The molecule has 1 saturated heterocycles. The van der Waals surface area contributed by atoms with E-state index < -0.39 is 23.7 Å². The first-order chi connectivity index (χ1) is 19.2. The van der Waals surface area contributed by atoms with Gasteiger partial charge in [-0.05, 0) is 32.4 Å². The topological polar surface area (TPSA) is 149 Å². The summed E-state index contributed by atoms with van der Waals surface area (Å²) < 4.78 is 14.5. The summed E-state index contributed by atoms with van der Waals surface area (Å²) in [6, 6.07) is 11.9. The van der Waals surface area contributed by atoms with E-state index in [4.69, 9.17) is 9.47 Å². The number of nitrogens with zero attached hydrogens (tertiary/aromatic N) is 6. The molecule has 0 saturated carbocycles. The van der Waals surface area contributed by atoms with Gasteiger partial charge in [-0.2, -0.15) is 10.4 Å². The summed E-state index contributed by atoms with van der Waals surface area (Å²) in [6.07, 6.45) is 6.45. The molecule has 3 aromatic heterocycles. The van der Waals surface area contributed by atoms with E-state index in [1.165, 1.54) is 6.33 Å². The third-order valence-electron chi connectivity index (χ3n) is 6.59. The lowest BCUT2D eigenvalue weighted by molar-refractivity contribution is -0.150. The van der Waals surface area contributed by atoms with Crippen molar-refractivity contribution in [1.82, 2.24) is 34.9 Å². The molecule has 12 heteroatoms. The molecule has 2 N–H and O–H groups in total. The Morgan fingerprint density at radius 1 is 1.20 bits per heavy atom. The van der Waals surface area contributed by atoms with Gasteiger partial charge < -0.3 is 20.1 Å². The second-order valence-electron chi connectivity index (χ2n) is 10.7. The van der Waals surface area contributed by atoms with Crippen LogP contribution in [0.2, 0.25) is 0 Å². The number of hydrogen-bond acceptors (Lipinski definition) is 9. The fourth-order valence-corrected chi connectivity index (χ4v) is 4.54. The smallest absolute Gasteiger partial charge is 0.408 e. The zero-order valence-electron chi connectivity index (χ0n) is 22.5. The number of aromatic nitrogens is 5. The standard InChI is InChI=1S/C28H30N8O4/c1-27(2,3)40-26(38)34-23(19-7-5-4-6-8-19)25(37)39-18-35-12-9-21-22(31-17-32-24(21)35)20-13-33-36(14-20)28(10-11-29)15-30-16-28/h4-9,12-14,17,23,30H,10,15-16,18H2,1-3H3,(H,34,38)/t23-/m0/s1. The number of esters is 1. The van der Waals surface area contributed by atoms with Crippen LogP contribution < -0.4 is 10.6 Å². The molecule has 0 unspecified atom stereocenters. The van der Waals surface area contributed by atoms with E-state index >= 15 is 0 Å². The van der Waals surface area contributed by atoms with Gasteiger partial charge in [-0.3, -0.25) is 9.25 Å². The molecule has 12 nitrogen and oxygen atoms in total. The highest BCUT2D eigenvalue weighted by molar-refractivity contribution is 5.90. The summed E-state index contributed by atoms with van der Waals surface area (Å²) in [5.74, 6) is -0.647. The van der Waals surface area contributed by atoms with Crippen molar-refractivity contribution in [3.05, 3.63) is 66.9 Å². The number of benzene rings is 1. The van der Waals surface area contributed by atoms with Gasteiger partial charge in [-0.25, -0.2) is 19.6 Å². The van der Waals surface area contributed by atoms with E-state index in [0.717, 1.165) is 10.9 Å². The highest BCUT2D eigenvalue weighted by atomic mass is 16.6. The van der Waals surface area contributed by atoms with Crippen LogP contribution in [0.15, 0.2) is 61.3 Å². The predicted molar refractivity (Wildman–Crippen MR) is 144 cm³/mol. The Morgan fingerprint density at radius 3 is 2.65 bits per heavy atom. The number of nitriles is 1. The minimum absolute atomic E-state index is 0.131. The largest absolute Gasteiger partial charge is 0.444 e. The molecule has 4 heterocycles. The monoisotopic (exact) mass is 542 g/mol. The Hall–Kier alpha value is -4.76. The molecular formula is C28H30N8O4. The predicted octanol–water partition coefficient (Wildman–Crippen LogP) is 3.27. The molecule has 1 aromatic carbocycles. The van der Waals surface area contributed by atoms with E-state index in [1.807, 2.05) is 23.0 Å². The Labute approximate surface area is 230 Å². The number of amides is 1. The average molecular weight is 543 g/mol. The summed E-state index contributed by atoms with van der Waals surface area (Å²) in [5.41, 5.74) is 1.51. The SMILES string of the molecule is CC(C)(C)OC(=O)N[C@H](C(=O)OCn1ccc2c(-c3cnn(C4(CC#N)CNC4)c3)ncnc21)c1ccccc1. The maximum atomic E-state index is 13.2. The number of alkyl carbamates (subject to hydrolysis) is 1. The van der Waals surface area contributed by atoms with Gasteiger partial charge in [-0.15, -0.1) is 0 Å². The summed E-state index contributed by atoms with van der Waals surface area (Å²) >= 11 is 0. The van der Waals surface area contributed by atoms with Gasteiger partial charge in [0.25, 0.3) is 0 Å². The van der Waals surface area contributed by atoms with Gasteiger partial charge in [0.15, 0.2) is 12.8 Å². The first kappa shape index (κ1) is 26.8. The van der Waals surface area contributed by atoms with Crippen LogP contribution in [0.1, 0.15) is 38.8 Å². The Kier molecular flexibility index (Phi) is 7.23. The zero-order valence-corrected chi connectivity index (χ0v) is 22.5. The molecule has 0 aliphatic carbocycles. The number of rotatable bonds is 8. The number of hydrogen-bond donors (Lipinski definition) is 2. The van der Waals surface area contributed by atoms with Gasteiger partial charge in [0, 0.05) is 36.4 Å². The van der Waals surface area contributed by atoms with Crippen LogP contribution in [0.4, 0.5) is 4.79 Å². The van der Waals surface area contributed by atoms with Crippen LogP contribution in [0.25, 0.3) is 22.3 Å². The first-order valence-electron chi connectivity index (χ1n) is 12.8. The van der Waals surface area contributed by atoms with Gasteiger partial charge >= 0.3 is 12.1 Å². The van der Waals surface area contributed by atoms with E-state index in [1.54, 1.807) is 62.0 Å². The number of nitrogens with one attached hydrogen (secondary N) is 2. The molecule has 0 bridgehead atoms. The van der Waals surface area contributed by atoms with Crippen molar-refractivity contribution >= 4 is 23.1 Å². The van der Waals surface area contributed by atoms with Crippen LogP contribution >= 0.6 is 0 Å². The van der Waals surface area contributed by atoms with Crippen molar-refractivity contribution in [3.63, 3.8) is 0 Å². The van der Waals surface area contributed by atoms with Crippen molar-refractivity contribution in [3.8, 4) is 17.3 Å². The maximum absolute atomic E-state index is 13.2. The highest BCUT2D eigenvalue weighted by Crippen LogP contribution is 2.30. The molecule has 5 rings (SSSR count). The zero-order chi connectivity index (χ0) is 28.3. The summed E-state index contributed by atoms with van der Waals surface area (Å²) in [5, 5.41) is 20.4. The van der Waals surface area contributed by atoms with Crippen LogP contribution in [0.3, 0.4) is 0 Å². The molecular weight excluding hydrogens is 512 g/mol. The number of carbonyl (C=O) groups is 2. The fraction of sp³-hybridized carbons (Fsp3) is 0.357. The molecule has 0 radical (unpaired) electrons. The molecule has 1 atom stereocenters. The Bertz CT molecular complexity index is 1560. The van der Waals surface area contributed by atoms with Crippen molar-refractivity contribution in [1.29, 1.82) is 5.26 Å². The molecule has 1 aliphatic heterocycles. The third kappa shape index (κ3) is 5.50. The quantitative estimate of drug-likeness (QED) is 0.320.